The molecule has 6 heteroatoms. The number of rotatable bonds is 6. The van der Waals surface area contributed by atoms with E-state index in [1.807, 2.05) is 18.2 Å². The third kappa shape index (κ3) is 4.75. The number of anilines is 1. The molecule has 3 aliphatic heterocycles. The number of hydrogen-bond acceptors (Lipinski definition) is 5. The SMILES string of the molecule is N#Cc1cccc(CN2CC(CNC(=O)C3CCOCC3)C3(C2)CN(c2ccccc2)C3)c1. The van der Waals surface area contributed by atoms with Gasteiger partial charge >= 0.3 is 0 Å². The van der Waals surface area contributed by atoms with Crippen LogP contribution < -0.4 is 10.2 Å². The number of hydrogen-bond donors (Lipinski definition) is 1. The van der Waals surface area contributed by atoms with Crippen LogP contribution in [0.2, 0.25) is 0 Å². The van der Waals surface area contributed by atoms with E-state index in [2.05, 4.69) is 57.6 Å². The number of benzene rings is 2. The lowest BCUT2D eigenvalue weighted by Gasteiger charge is -2.52. The summed E-state index contributed by atoms with van der Waals surface area (Å²) in [5, 5.41) is 12.5. The predicted octanol–water partition coefficient (Wildman–Crippen LogP) is 3.04. The molecule has 1 spiro atoms. The van der Waals surface area contributed by atoms with Crippen molar-refractivity contribution in [2.45, 2.75) is 19.4 Å². The maximum atomic E-state index is 12.8. The summed E-state index contributed by atoms with van der Waals surface area (Å²) in [5.41, 5.74) is 3.34. The molecule has 5 rings (SSSR count). The Morgan fingerprint density at radius 1 is 1.09 bits per heavy atom. The van der Waals surface area contributed by atoms with Crippen LogP contribution in [0.25, 0.3) is 0 Å². The standard InChI is InChI=1S/C27H32N4O2/c28-14-21-5-4-6-22(13-21)16-30-17-24(15-29-26(32)23-9-11-33-12-10-23)27(18-30)19-31(20-27)25-7-2-1-3-8-25/h1-8,13,23-24H,9-12,15-20H2,(H,29,32). The zero-order valence-electron chi connectivity index (χ0n) is 19.1. The van der Waals surface area contributed by atoms with Crippen molar-refractivity contribution in [1.29, 1.82) is 5.26 Å². The highest BCUT2D eigenvalue weighted by Gasteiger charge is 2.54. The van der Waals surface area contributed by atoms with Crippen LogP contribution in [0.15, 0.2) is 54.6 Å². The maximum absolute atomic E-state index is 12.8. The second-order valence-corrected chi connectivity index (χ2v) is 9.86. The Balaban J connectivity index is 1.26. The van der Waals surface area contributed by atoms with Gasteiger partial charge in [0, 0.05) is 69.5 Å². The number of para-hydroxylation sites is 1. The summed E-state index contributed by atoms with van der Waals surface area (Å²) >= 11 is 0. The van der Waals surface area contributed by atoms with Crippen molar-refractivity contribution < 1.29 is 9.53 Å². The Morgan fingerprint density at radius 3 is 2.64 bits per heavy atom. The second kappa shape index (κ2) is 9.54. The Hall–Kier alpha value is -2.88. The molecule has 6 nitrogen and oxygen atoms in total. The topological polar surface area (TPSA) is 68.6 Å². The Bertz CT molecular complexity index is 1010. The van der Waals surface area contributed by atoms with Gasteiger partial charge in [0.2, 0.25) is 5.91 Å². The van der Waals surface area contributed by atoms with Gasteiger partial charge in [0.05, 0.1) is 11.6 Å². The van der Waals surface area contributed by atoms with Crippen molar-refractivity contribution in [3.8, 4) is 6.07 Å². The highest BCUT2D eigenvalue weighted by atomic mass is 16.5. The largest absolute Gasteiger partial charge is 0.381 e. The first-order chi connectivity index (χ1) is 16.1. The molecule has 0 aromatic heterocycles. The summed E-state index contributed by atoms with van der Waals surface area (Å²) in [7, 11) is 0. The normalized spacial score (nSPS) is 22.6. The number of amides is 1. The maximum Gasteiger partial charge on any atom is 0.223 e. The van der Waals surface area contributed by atoms with Crippen molar-refractivity contribution >= 4 is 11.6 Å². The summed E-state index contributed by atoms with van der Waals surface area (Å²) in [5.74, 6) is 0.691. The van der Waals surface area contributed by atoms with Crippen LogP contribution in [0, 0.1) is 28.6 Å². The molecule has 172 valence electrons. The molecule has 1 unspecified atom stereocenters. The van der Waals surface area contributed by atoms with Gasteiger partial charge in [-0.25, -0.2) is 0 Å². The molecule has 0 radical (unpaired) electrons. The van der Waals surface area contributed by atoms with Crippen molar-refractivity contribution in [2.24, 2.45) is 17.3 Å². The minimum atomic E-state index is 0.0862. The molecule has 0 bridgehead atoms. The van der Waals surface area contributed by atoms with Crippen LogP contribution in [0.5, 0.6) is 0 Å². The van der Waals surface area contributed by atoms with Gasteiger partial charge in [-0.2, -0.15) is 5.26 Å². The lowest BCUT2D eigenvalue weighted by Crippen LogP contribution is -2.62. The Kier molecular flexibility index (Phi) is 6.34. The van der Waals surface area contributed by atoms with Crippen LogP contribution in [0.4, 0.5) is 5.69 Å². The number of ether oxygens (including phenoxy) is 1. The van der Waals surface area contributed by atoms with Gasteiger partial charge < -0.3 is 15.0 Å². The molecule has 1 atom stereocenters. The summed E-state index contributed by atoms with van der Waals surface area (Å²) in [4.78, 5) is 17.7. The lowest BCUT2D eigenvalue weighted by molar-refractivity contribution is -0.128. The second-order valence-electron chi connectivity index (χ2n) is 9.86. The quantitative estimate of drug-likeness (QED) is 0.742. The number of nitriles is 1. The van der Waals surface area contributed by atoms with Crippen LogP contribution in [0.3, 0.4) is 0 Å². The molecular formula is C27H32N4O2. The summed E-state index contributed by atoms with van der Waals surface area (Å²) in [6.07, 6.45) is 1.65. The van der Waals surface area contributed by atoms with E-state index < -0.39 is 0 Å². The van der Waals surface area contributed by atoms with E-state index in [0.717, 1.165) is 52.1 Å². The van der Waals surface area contributed by atoms with E-state index >= 15 is 0 Å². The highest BCUT2D eigenvalue weighted by molar-refractivity contribution is 5.78. The van der Waals surface area contributed by atoms with Crippen LogP contribution >= 0.6 is 0 Å². The molecule has 3 heterocycles. The summed E-state index contributed by atoms with van der Waals surface area (Å²) < 4.78 is 5.42. The third-order valence-electron chi connectivity index (χ3n) is 7.59. The van der Waals surface area contributed by atoms with Crippen LogP contribution in [-0.4, -0.2) is 56.7 Å². The lowest BCUT2D eigenvalue weighted by atomic mass is 9.71. The fraction of sp³-hybridized carbons (Fsp3) is 0.481. The molecule has 1 N–H and O–H groups in total. The molecule has 0 aliphatic carbocycles. The van der Waals surface area contributed by atoms with Crippen molar-refractivity contribution in [1.82, 2.24) is 10.2 Å². The number of carbonyl (C=O) groups excluding carboxylic acids is 1. The van der Waals surface area contributed by atoms with E-state index in [1.165, 1.54) is 11.3 Å². The molecule has 3 saturated heterocycles. The first-order valence-electron chi connectivity index (χ1n) is 12.0. The van der Waals surface area contributed by atoms with Gasteiger partial charge in [0.15, 0.2) is 0 Å². The number of likely N-dealkylation sites (tertiary alicyclic amines) is 1. The zero-order valence-corrected chi connectivity index (χ0v) is 19.1. The number of nitrogens with one attached hydrogen (secondary N) is 1. The van der Waals surface area contributed by atoms with Gasteiger partial charge in [0.25, 0.3) is 0 Å². The average molecular weight is 445 g/mol. The first kappa shape index (κ1) is 21.9. The first-order valence-corrected chi connectivity index (χ1v) is 12.0. The van der Waals surface area contributed by atoms with Gasteiger partial charge in [-0.15, -0.1) is 0 Å². The average Bonchev–Trinajstić information content (AvgIpc) is 3.21. The van der Waals surface area contributed by atoms with E-state index in [0.29, 0.717) is 24.7 Å². The number of carbonyl (C=O) groups is 1. The van der Waals surface area contributed by atoms with Crippen molar-refractivity contribution in [3.05, 3.63) is 65.7 Å². The third-order valence-corrected chi connectivity index (χ3v) is 7.59. The molecule has 0 saturated carbocycles. The van der Waals surface area contributed by atoms with Crippen molar-refractivity contribution in [3.63, 3.8) is 0 Å². The molecule has 2 aromatic carbocycles. The summed E-state index contributed by atoms with van der Waals surface area (Å²) in [6, 6.07) is 20.7. The fourth-order valence-electron chi connectivity index (χ4n) is 5.76. The monoisotopic (exact) mass is 444 g/mol. The molecule has 3 fully saturated rings. The zero-order chi connectivity index (χ0) is 22.7. The van der Waals surface area contributed by atoms with Gasteiger partial charge in [-0.05, 0) is 48.6 Å². The van der Waals surface area contributed by atoms with E-state index in [1.54, 1.807) is 0 Å². The Labute approximate surface area is 196 Å². The number of nitrogens with zero attached hydrogens (tertiary/aromatic N) is 3. The predicted molar refractivity (Wildman–Crippen MR) is 128 cm³/mol. The van der Waals surface area contributed by atoms with Gasteiger partial charge in [-0.3, -0.25) is 9.69 Å². The van der Waals surface area contributed by atoms with Gasteiger partial charge in [0.1, 0.15) is 0 Å². The van der Waals surface area contributed by atoms with Crippen LogP contribution in [-0.2, 0) is 16.1 Å². The molecule has 3 aliphatic rings. The molecular weight excluding hydrogens is 412 g/mol. The smallest absolute Gasteiger partial charge is 0.223 e. The van der Waals surface area contributed by atoms with Crippen molar-refractivity contribution in [2.75, 3.05) is 50.8 Å². The minimum Gasteiger partial charge on any atom is -0.381 e. The van der Waals surface area contributed by atoms with E-state index in [9.17, 15) is 10.1 Å². The highest BCUT2D eigenvalue weighted by Crippen LogP contribution is 2.45. The fourth-order valence-corrected chi connectivity index (χ4v) is 5.76. The van der Waals surface area contributed by atoms with Crippen LogP contribution in [0.1, 0.15) is 24.0 Å². The minimum absolute atomic E-state index is 0.0862. The summed E-state index contributed by atoms with van der Waals surface area (Å²) in [6.45, 7) is 6.96. The van der Waals surface area contributed by atoms with Gasteiger partial charge in [-0.1, -0.05) is 30.3 Å². The molecule has 2 aromatic rings. The van der Waals surface area contributed by atoms with E-state index in [-0.39, 0.29) is 17.2 Å². The molecule has 33 heavy (non-hydrogen) atoms. The Morgan fingerprint density at radius 2 is 1.88 bits per heavy atom. The molecule has 1 amide bonds. The van der Waals surface area contributed by atoms with E-state index in [4.69, 9.17) is 4.74 Å².